The van der Waals surface area contributed by atoms with Crippen LogP contribution in [-0.4, -0.2) is 70.1 Å². The largest absolute Gasteiger partial charge is 0.341 e. The number of hydrogen-bond donors (Lipinski definition) is 0. The zero-order chi connectivity index (χ0) is 20.7. The molecule has 0 spiro atoms. The number of anilines is 1. The molecule has 156 valence electrons. The van der Waals surface area contributed by atoms with Crippen molar-refractivity contribution in [2.75, 3.05) is 31.6 Å². The molecule has 2 aliphatic heterocycles. The molecule has 0 radical (unpaired) electrons. The number of rotatable bonds is 4. The Kier molecular flexibility index (Phi) is 4.77. The first-order chi connectivity index (χ1) is 14.6. The minimum atomic E-state index is -0.207. The van der Waals surface area contributed by atoms with Gasteiger partial charge in [-0.15, -0.1) is 0 Å². The number of hydrogen-bond acceptors (Lipinski definition) is 4. The lowest BCUT2D eigenvalue weighted by molar-refractivity contribution is -0.131. The van der Waals surface area contributed by atoms with E-state index in [4.69, 9.17) is 0 Å². The molecule has 1 fully saturated rings. The maximum Gasteiger partial charge on any atom is 0.331 e. The fraction of sp³-hybridized carbons (Fsp3) is 0.455. The van der Waals surface area contributed by atoms with Crippen LogP contribution in [0.2, 0.25) is 0 Å². The molecule has 0 unspecified atom stereocenters. The van der Waals surface area contributed by atoms with Crippen molar-refractivity contribution in [3.8, 4) is 5.69 Å². The van der Waals surface area contributed by atoms with Crippen LogP contribution in [0.4, 0.5) is 10.6 Å². The summed E-state index contributed by atoms with van der Waals surface area (Å²) >= 11 is 0. The SMILES string of the molecule is CN(C(=O)CN1C(=O)N2CCN=C2c2cnn(-c3ccccc3)c21)C1CCCCC1. The summed E-state index contributed by atoms with van der Waals surface area (Å²) in [6.45, 7) is 1.11. The standard InChI is InChI=1S/C22H26N6O2/c1-25(16-8-4-2-5-9-16)19(29)15-27-21-18(20-23-12-13-26(20)22(27)30)14-24-28(21)17-10-6-3-7-11-17/h3,6-7,10-11,14,16H,2,4-5,8-9,12-13,15H2,1H3. The molecule has 2 aromatic rings. The van der Waals surface area contributed by atoms with Gasteiger partial charge < -0.3 is 4.90 Å². The zero-order valence-electron chi connectivity index (χ0n) is 17.2. The van der Waals surface area contributed by atoms with Crippen molar-refractivity contribution in [3.63, 3.8) is 0 Å². The third-order valence-electron chi connectivity index (χ3n) is 6.35. The highest BCUT2D eigenvalue weighted by Crippen LogP contribution is 2.33. The van der Waals surface area contributed by atoms with E-state index in [9.17, 15) is 9.59 Å². The number of carbonyl (C=O) groups excluding carboxylic acids is 2. The van der Waals surface area contributed by atoms with Gasteiger partial charge in [-0.1, -0.05) is 37.5 Å². The molecule has 8 heteroatoms. The van der Waals surface area contributed by atoms with Crippen molar-refractivity contribution >= 4 is 23.6 Å². The summed E-state index contributed by atoms with van der Waals surface area (Å²) in [6.07, 6.45) is 7.36. The number of likely N-dealkylation sites (N-methyl/N-ethyl adjacent to an activating group) is 1. The van der Waals surface area contributed by atoms with E-state index in [0.717, 1.165) is 36.9 Å². The van der Waals surface area contributed by atoms with Crippen molar-refractivity contribution in [2.24, 2.45) is 4.99 Å². The number of urea groups is 1. The highest BCUT2D eigenvalue weighted by molar-refractivity contribution is 6.20. The molecule has 0 atom stereocenters. The summed E-state index contributed by atoms with van der Waals surface area (Å²) in [6, 6.07) is 9.73. The highest BCUT2D eigenvalue weighted by atomic mass is 16.2. The second-order valence-corrected chi connectivity index (χ2v) is 8.15. The minimum Gasteiger partial charge on any atom is -0.341 e. The zero-order valence-corrected chi connectivity index (χ0v) is 17.2. The van der Waals surface area contributed by atoms with Gasteiger partial charge in [-0.2, -0.15) is 5.10 Å². The van der Waals surface area contributed by atoms with E-state index < -0.39 is 0 Å². The number of benzene rings is 1. The lowest BCUT2D eigenvalue weighted by Gasteiger charge is -2.36. The van der Waals surface area contributed by atoms with E-state index >= 15 is 0 Å². The number of carbonyl (C=O) groups is 2. The second kappa shape index (κ2) is 7.59. The van der Waals surface area contributed by atoms with Crippen LogP contribution in [0.25, 0.3) is 5.69 Å². The van der Waals surface area contributed by atoms with Crippen LogP contribution in [0, 0.1) is 0 Å². The number of amidine groups is 1. The Labute approximate surface area is 175 Å². The molecule has 1 aromatic carbocycles. The molecule has 3 heterocycles. The molecule has 0 N–H and O–H groups in total. The fourth-order valence-corrected chi connectivity index (χ4v) is 4.68. The van der Waals surface area contributed by atoms with Crippen LogP contribution < -0.4 is 4.90 Å². The first-order valence-corrected chi connectivity index (χ1v) is 10.7. The van der Waals surface area contributed by atoms with Crippen molar-refractivity contribution in [1.82, 2.24) is 19.6 Å². The average Bonchev–Trinajstić information content (AvgIpc) is 3.44. The van der Waals surface area contributed by atoms with Crippen LogP contribution in [0.3, 0.4) is 0 Å². The van der Waals surface area contributed by atoms with E-state index in [2.05, 4.69) is 10.1 Å². The van der Waals surface area contributed by atoms with E-state index in [1.165, 1.54) is 6.42 Å². The van der Waals surface area contributed by atoms with Crippen molar-refractivity contribution in [3.05, 3.63) is 42.1 Å². The predicted molar refractivity (Wildman–Crippen MR) is 114 cm³/mol. The smallest absolute Gasteiger partial charge is 0.331 e. The Bertz CT molecular complexity index is 992. The third-order valence-corrected chi connectivity index (χ3v) is 6.35. The van der Waals surface area contributed by atoms with Gasteiger partial charge in [-0.3, -0.25) is 19.6 Å². The quantitative estimate of drug-likeness (QED) is 0.784. The van der Waals surface area contributed by atoms with Crippen LogP contribution in [-0.2, 0) is 4.79 Å². The van der Waals surface area contributed by atoms with Crippen LogP contribution in [0.5, 0.6) is 0 Å². The summed E-state index contributed by atoms with van der Waals surface area (Å²) in [5, 5.41) is 4.55. The number of nitrogens with zero attached hydrogens (tertiary/aromatic N) is 6. The minimum absolute atomic E-state index is 0.00113. The van der Waals surface area contributed by atoms with Gasteiger partial charge >= 0.3 is 6.03 Å². The van der Waals surface area contributed by atoms with Crippen LogP contribution in [0.15, 0.2) is 41.5 Å². The topological polar surface area (TPSA) is 74.0 Å². The maximum absolute atomic E-state index is 13.3. The molecule has 0 bridgehead atoms. The second-order valence-electron chi connectivity index (χ2n) is 8.15. The molecule has 8 nitrogen and oxygen atoms in total. The van der Waals surface area contributed by atoms with Crippen molar-refractivity contribution in [2.45, 2.75) is 38.1 Å². The number of amides is 3. The average molecular weight is 406 g/mol. The lowest BCUT2D eigenvalue weighted by Crippen LogP contribution is -2.54. The molecule has 30 heavy (non-hydrogen) atoms. The Morgan fingerprint density at radius 3 is 2.70 bits per heavy atom. The fourth-order valence-electron chi connectivity index (χ4n) is 4.68. The van der Waals surface area contributed by atoms with Gasteiger partial charge in [0.25, 0.3) is 0 Å². The van der Waals surface area contributed by atoms with Gasteiger partial charge in [0, 0.05) is 19.6 Å². The predicted octanol–water partition coefficient (Wildman–Crippen LogP) is 2.67. The molecule has 1 aliphatic carbocycles. The van der Waals surface area contributed by atoms with Gasteiger partial charge in [-0.25, -0.2) is 9.48 Å². The van der Waals surface area contributed by atoms with Crippen molar-refractivity contribution < 1.29 is 9.59 Å². The lowest BCUT2D eigenvalue weighted by atomic mass is 9.94. The third kappa shape index (κ3) is 3.07. The summed E-state index contributed by atoms with van der Waals surface area (Å²) in [7, 11) is 1.87. The molecule has 1 aromatic heterocycles. The van der Waals surface area contributed by atoms with Crippen LogP contribution >= 0.6 is 0 Å². The Morgan fingerprint density at radius 2 is 1.93 bits per heavy atom. The normalized spacial score (nSPS) is 18.8. The summed E-state index contributed by atoms with van der Waals surface area (Å²) in [4.78, 5) is 36.1. The number of para-hydroxylation sites is 1. The number of fused-ring (bicyclic) bond motifs is 3. The molecule has 3 aliphatic rings. The Balaban J connectivity index is 1.50. The summed E-state index contributed by atoms with van der Waals surface area (Å²) in [5.41, 5.74) is 1.64. The maximum atomic E-state index is 13.3. The van der Waals surface area contributed by atoms with Gasteiger partial charge in [0.2, 0.25) is 5.91 Å². The monoisotopic (exact) mass is 406 g/mol. The first kappa shape index (κ1) is 18.8. The van der Waals surface area contributed by atoms with E-state index in [1.807, 2.05) is 42.3 Å². The summed E-state index contributed by atoms with van der Waals surface area (Å²) < 4.78 is 1.74. The van der Waals surface area contributed by atoms with Crippen LogP contribution in [0.1, 0.15) is 37.7 Å². The van der Waals surface area contributed by atoms with Crippen molar-refractivity contribution in [1.29, 1.82) is 0 Å². The Hall–Kier alpha value is -3.16. The van der Waals surface area contributed by atoms with E-state index in [-0.39, 0.29) is 24.5 Å². The molecular formula is C22H26N6O2. The molecule has 5 rings (SSSR count). The van der Waals surface area contributed by atoms with Gasteiger partial charge in [-0.05, 0) is 25.0 Å². The van der Waals surface area contributed by atoms with Gasteiger partial charge in [0.1, 0.15) is 12.4 Å². The number of aromatic nitrogens is 2. The van der Waals surface area contributed by atoms with Gasteiger partial charge in [0.15, 0.2) is 5.82 Å². The number of aliphatic imine (C=N–C) groups is 1. The first-order valence-electron chi connectivity index (χ1n) is 10.7. The highest BCUT2D eigenvalue weighted by Gasteiger charge is 2.41. The summed E-state index contributed by atoms with van der Waals surface area (Å²) in [5.74, 6) is 1.23. The van der Waals surface area contributed by atoms with Gasteiger partial charge in [0.05, 0.1) is 24.0 Å². The van der Waals surface area contributed by atoms with E-state index in [1.54, 1.807) is 20.7 Å². The Morgan fingerprint density at radius 1 is 1.17 bits per heavy atom. The van der Waals surface area contributed by atoms with E-state index in [0.29, 0.717) is 24.7 Å². The molecule has 0 saturated heterocycles. The molecule has 3 amide bonds. The molecular weight excluding hydrogens is 380 g/mol. The molecule has 1 saturated carbocycles.